The van der Waals surface area contributed by atoms with Crippen molar-refractivity contribution in [1.29, 1.82) is 0 Å². The summed E-state index contributed by atoms with van der Waals surface area (Å²) in [5.74, 6) is 0.194. The number of fused-ring (bicyclic) bond motifs is 1. The Labute approximate surface area is 137 Å². The van der Waals surface area contributed by atoms with Gasteiger partial charge >= 0.3 is 0 Å². The number of ketones is 1. The molecule has 0 atom stereocenters. The molecule has 4 nitrogen and oxygen atoms in total. The molecule has 0 bridgehead atoms. The van der Waals surface area contributed by atoms with E-state index < -0.39 is 0 Å². The number of hydrogen-bond donors (Lipinski definition) is 0. The third kappa shape index (κ3) is 2.23. The topological polar surface area (TPSA) is 38.1 Å². The van der Waals surface area contributed by atoms with E-state index in [1.54, 1.807) is 0 Å². The van der Waals surface area contributed by atoms with Crippen molar-refractivity contribution in [1.82, 2.24) is 14.2 Å². The Hall–Kier alpha value is -0.870. The highest BCUT2D eigenvalue weighted by molar-refractivity contribution is 6.13. The van der Waals surface area contributed by atoms with Crippen LogP contribution in [-0.4, -0.2) is 33.1 Å². The quantitative estimate of drug-likeness (QED) is 0.684. The first-order chi connectivity index (χ1) is 10.1. The monoisotopic (exact) mass is 323 g/mol. The second kappa shape index (κ2) is 4.81. The predicted molar refractivity (Wildman–Crippen MR) is 88.1 cm³/mol. The van der Waals surface area contributed by atoms with Gasteiger partial charge in [-0.3, -0.25) is 9.48 Å². The first kappa shape index (κ1) is 16.0. The number of Topliss-reactive ketones (excluding diaryl/α,β-unsaturated/α-hetero) is 1. The van der Waals surface area contributed by atoms with E-state index in [1.807, 2.05) is 9.10 Å². The summed E-state index contributed by atoms with van der Waals surface area (Å²) in [7, 11) is 0. The van der Waals surface area contributed by atoms with Crippen molar-refractivity contribution in [3.63, 3.8) is 0 Å². The van der Waals surface area contributed by atoms with Gasteiger partial charge < -0.3 is 0 Å². The average Bonchev–Trinajstić information content (AvgIpc) is 2.83. The molecule has 0 unspecified atom stereocenters. The highest BCUT2D eigenvalue weighted by Crippen LogP contribution is 2.54. The van der Waals surface area contributed by atoms with Crippen LogP contribution in [0.1, 0.15) is 63.5 Å². The van der Waals surface area contributed by atoms with Crippen LogP contribution in [0.4, 0.5) is 0 Å². The molecule has 2 aliphatic rings. The number of aromatic nitrogens is 2. The van der Waals surface area contributed by atoms with E-state index in [0.29, 0.717) is 5.69 Å². The third-order valence-electron chi connectivity index (χ3n) is 5.78. The Bertz CT molecular complexity index is 604. The standard InChI is InChI=1S/C17H26ClN3O/c1-15(2,3)21-11-12-10-17(6-8-20(18)9-7-17)16(4,5)14(22)13(12)19-21/h11H,6-10H2,1-5H3. The number of hydrogen-bond acceptors (Lipinski definition) is 3. The lowest BCUT2D eigenvalue weighted by molar-refractivity contribution is 0.0112. The maximum atomic E-state index is 13.1. The van der Waals surface area contributed by atoms with E-state index in [9.17, 15) is 4.79 Å². The molecule has 0 N–H and O–H groups in total. The zero-order valence-corrected chi connectivity index (χ0v) is 15.0. The van der Waals surface area contributed by atoms with E-state index in [0.717, 1.165) is 37.9 Å². The first-order valence-corrected chi connectivity index (χ1v) is 8.45. The maximum absolute atomic E-state index is 13.1. The number of carbonyl (C=O) groups is 1. The Balaban J connectivity index is 2.05. The lowest BCUT2D eigenvalue weighted by Gasteiger charge is -2.51. The molecule has 0 amide bonds. The lowest BCUT2D eigenvalue weighted by atomic mass is 9.53. The minimum atomic E-state index is -0.380. The van der Waals surface area contributed by atoms with Crippen molar-refractivity contribution in [3.8, 4) is 0 Å². The summed E-state index contributed by atoms with van der Waals surface area (Å²) < 4.78 is 3.79. The molecule has 5 heteroatoms. The van der Waals surface area contributed by atoms with Gasteiger partial charge in [-0.1, -0.05) is 13.8 Å². The minimum absolute atomic E-state index is 0.00816. The fourth-order valence-electron chi connectivity index (χ4n) is 3.91. The van der Waals surface area contributed by atoms with Crippen LogP contribution < -0.4 is 0 Å². The van der Waals surface area contributed by atoms with Gasteiger partial charge in [-0.05, 0) is 57.2 Å². The van der Waals surface area contributed by atoms with Crippen molar-refractivity contribution in [2.24, 2.45) is 10.8 Å². The van der Waals surface area contributed by atoms with E-state index in [1.165, 1.54) is 0 Å². The molecule has 1 spiro atoms. The predicted octanol–water partition coefficient (Wildman–Crippen LogP) is 3.64. The number of halogens is 1. The third-order valence-corrected chi connectivity index (χ3v) is 6.12. The fraction of sp³-hybridized carbons (Fsp3) is 0.765. The second-order valence-electron chi connectivity index (χ2n) is 8.44. The smallest absolute Gasteiger partial charge is 0.189 e. The van der Waals surface area contributed by atoms with Crippen LogP contribution in [-0.2, 0) is 12.0 Å². The van der Waals surface area contributed by atoms with Crippen LogP contribution in [0.5, 0.6) is 0 Å². The van der Waals surface area contributed by atoms with Gasteiger partial charge in [-0.25, -0.2) is 4.42 Å². The summed E-state index contributed by atoms with van der Waals surface area (Å²) in [6.45, 7) is 12.2. The van der Waals surface area contributed by atoms with Crippen LogP contribution in [0.3, 0.4) is 0 Å². The molecule has 1 aromatic heterocycles. The maximum Gasteiger partial charge on any atom is 0.189 e. The van der Waals surface area contributed by atoms with Crippen molar-refractivity contribution in [2.75, 3.05) is 13.1 Å². The number of rotatable bonds is 0. The molecule has 1 aliphatic carbocycles. The molecule has 122 valence electrons. The molecule has 0 saturated carbocycles. The molecular weight excluding hydrogens is 298 g/mol. The summed E-state index contributed by atoms with van der Waals surface area (Å²) in [6.07, 6.45) is 4.95. The average molecular weight is 324 g/mol. The molecule has 1 aromatic rings. The summed E-state index contributed by atoms with van der Waals surface area (Å²) in [4.78, 5) is 13.1. The van der Waals surface area contributed by atoms with Crippen LogP contribution in [0.25, 0.3) is 0 Å². The molecule has 1 fully saturated rings. The van der Waals surface area contributed by atoms with Gasteiger partial charge in [0.05, 0.1) is 5.54 Å². The SMILES string of the molecule is CC(C)(C)n1cc2c(n1)C(=O)C(C)(C)C1(CCN(Cl)CC1)C2. The summed E-state index contributed by atoms with van der Waals surface area (Å²) in [5.41, 5.74) is 1.32. The summed E-state index contributed by atoms with van der Waals surface area (Å²) in [6, 6.07) is 0. The van der Waals surface area contributed by atoms with Gasteiger partial charge in [-0.15, -0.1) is 0 Å². The minimum Gasteiger partial charge on any atom is -0.292 e. The zero-order chi connectivity index (χ0) is 16.3. The van der Waals surface area contributed by atoms with Gasteiger partial charge in [0.15, 0.2) is 5.78 Å². The molecule has 0 aromatic carbocycles. The molecule has 1 aliphatic heterocycles. The second-order valence-corrected chi connectivity index (χ2v) is 8.92. The highest BCUT2D eigenvalue weighted by atomic mass is 35.5. The van der Waals surface area contributed by atoms with Crippen LogP contribution in [0, 0.1) is 10.8 Å². The largest absolute Gasteiger partial charge is 0.292 e. The van der Waals surface area contributed by atoms with Crippen LogP contribution in [0.2, 0.25) is 0 Å². The van der Waals surface area contributed by atoms with Gasteiger partial charge in [0.1, 0.15) is 5.69 Å². The Kier molecular flexibility index (Phi) is 3.50. The van der Waals surface area contributed by atoms with Crippen molar-refractivity contribution >= 4 is 17.6 Å². The van der Waals surface area contributed by atoms with E-state index in [-0.39, 0.29) is 22.2 Å². The molecular formula is C17H26ClN3O. The Morgan fingerprint density at radius 2 is 1.82 bits per heavy atom. The van der Waals surface area contributed by atoms with Crippen LogP contribution in [0.15, 0.2) is 6.20 Å². The Morgan fingerprint density at radius 3 is 2.36 bits per heavy atom. The fourth-order valence-corrected chi connectivity index (χ4v) is 4.07. The van der Waals surface area contributed by atoms with Gasteiger partial charge in [0, 0.05) is 30.3 Å². The molecule has 3 rings (SSSR count). The highest BCUT2D eigenvalue weighted by Gasteiger charge is 2.55. The molecule has 22 heavy (non-hydrogen) atoms. The molecule has 0 radical (unpaired) electrons. The van der Waals surface area contributed by atoms with Crippen molar-refractivity contribution in [2.45, 2.75) is 59.4 Å². The Morgan fingerprint density at radius 1 is 1.23 bits per heavy atom. The van der Waals surface area contributed by atoms with E-state index >= 15 is 0 Å². The van der Waals surface area contributed by atoms with Gasteiger partial charge in [0.25, 0.3) is 0 Å². The van der Waals surface area contributed by atoms with Gasteiger partial charge in [-0.2, -0.15) is 5.10 Å². The molecule has 2 heterocycles. The zero-order valence-electron chi connectivity index (χ0n) is 14.2. The van der Waals surface area contributed by atoms with E-state index in [4.69, 9.17) is 11.8 Å². The van der Waals surface area contributed by atoms with Gasteiger partial charge in [0.2, 0.25) is 0 Å². The van der Waals surface area contributed by atoms with Crippen molar-refractivity contribution < 1.29 is 4.79 Å². The van der Waals surface area contributed by atoms with Crippen LogP contribution >= 0.6 is 11.8 Å². The lowest BCUT2D eigenvalue weighted by Crippen LogP contribution is -2.53. The summed E-state index contributed by atoms with van der Waals surface area (Å²) >= 11 is 6.14. The first-order valence-electron chi connectivity index (χ1n) is 8.11. The molecule has 1 saturated heterocycles. The number of nitrogens with zero attached hydrogens (tertiary/aromatic N) is 3. The number of carbonyl (C=O) groups excluding carboxylic acids is 1. The van der Waals surface area contributed by atoms with Crippen molar-refractivity contribution in [3.05, 3.63) is 17.5 Å². The normalized spacial score (nSPS) is 24.5. The summed E-state index contributed by atoms with van der Waals surface area (Å²) in [5, 5.41) is 4.62. The van der Waals surface area contributed by atoms with E-state index in [2.05, 4.69) is 45.9 Å². The number of piperidine rings is 1.